The van der Waals surface area contributed by atoms with Gasteiger partial charge in [-0.15, -0.1) is 0 Å². The van der Waals surface area contributed by atoms with Gasteiger partial charge in [-0.25, -0.2) is 9.97 Å². The molecule has 0 unspecified atom stereocenters. The molecule has 0 radical (unpaired) electrons. The highest BCUT2D eigenvalue weighted by atomic mass is 16.2. The topological polar surface area (TPSA) is 101 Å². The maximum absolute atomic E-state index is 11.9. The molecule has 1 fully saturated rings. The number of carbonyl (C=O) groups excluding carboxylic acids is 2. The summed E-state index contributed by atoms with van der Waals surface area (Å²) in [6, 6.07) is -0.207. The molecule has 3 N–H and O–H groups in total. The van der Waals surface area contributed by atoms with Crippen molar-refractivity contribution in [2.24, 2.45) is 5.73 Å². The Kier molecular flexibility index (Phi) is 7.16. The third-order valence-corrected chi connectivity index (χ3v) is 4.59. The molecule has 7 heteroatoms. The molecule has 2 heterocycles. The summed E-state index contributed by atoms with van der Waals surface area (Å²) >= 11 is 0. The van der Waals surface area contributed by atoms with Crippen LogP contribution in [0.1, 0.15) is 69.2 Å². The molecule has 0 spiro atoms. The summed E-state index contributed by atoms with van der Waals surface area (Å²) in [5, 5.41) is 2.87. The molecule has 1 atom stereocenters. The normalized spacial score (nSPS) is 16.6. The molecule has 7 nitrogen and oxygen atoms in total. The Morgan fingerprint density at radius 2 is 1.84 bits per heavy atom. The highest BCUT2D eigenvalue weighted by Crippen LogP contribution is 2.20. The highest BCUT2D eigenvalue weighted by molar-refractivity contribution is 5.83. The van der Waals surface area contributed by atoms with Gasteiger partial charge in [0, 0.05) is 43.4 Å². The Balaban J connectivity index is 2.00. The van der Waals surface area contributed by atoms with Crippen molar-refractivity contribution < 1.29 is 9.59 Å². The van der Waals surface area contributed by atoms with Crippen LogP contribution in [0.4, 0.5) is 5.95 Å². The van der Waals surface area contributed by atoms with Gasteiger partial charge in [0.1, 0.15) is 0 Å². The molecule has 0 saturated carbocycles. The Hall–Kier alpha value is -2.18. The van der Waals surface area contributed by atoms with E-state index in [2.05, 4.69) is 20.2 Å². The molecule has 0 aromatic carbocycles. The van der Waals surface area contributed by atoms with Crippen molar-refractivity contribution >= 4 is 17.8 Å². The maximum Gasteiger partial charge on any atom is 0.225 e. The first-order chi connectivity index (χ1) is 12.0. The first kappa shape index (κ1) is 19.1. The molecular weight excluding hydrogens is 318 g/mol. The van der Waals surface area contributed by atoms with Gasteiger partial charge >= 0.3 is 0 Å². The summed E-state index contributed by atoms with van der Waals surface area (Å²) in [5.74, 6) is 0.105. The van der Waals surface area contributed by atoms with E-state index in [1.165, 1.54) is 32.1 Å². The van der Waals surface area contributed by atoms with Gasteiger partial charge in [-0.05, 0) is 26.7 Å². The quantitative estimate of drug-likeness (QED) is 0.819. The lowest BCUT2D eigenvalue weighted by molar-refractivity contribution is -0.125. The van der Waals surface area contributed by atoms with Gasteiger partial charge in [0.15, 0.2) is 0 Å². The molecule has 2 amide bonds. The van der Waals surface area contributed by atoms with Gasteiger partial charge in [0.2, 0.25) is 17.8 Å². The summed E-state index contributed by atoms with van der Waals surface area (Å²) < 4.78 is 0. The number of hydrogen-bond acceptors (Lipinski definition) is 5. The molecule has 1 saturated heterocycles. The zero-order valence-electron chi connectivity index (χ0n) is 15.3. The van der Waals surface area contributed by atoms with Gasteiger partial charge in [-0.2, -0.15) is 0 Å². The van der Waals surface area contributed by atoms with Crippen molar-refractivity contribution in [2.75, 3.05) is 18.0 Å². The van der Waals surface area contributed by atoms with Crippen LogP contribution in [0.15, 0.2) is 6.20 Å². The van der Waals surface area contributed by atoms with Crippen molar-refractivity contribution in [2.45, 2.75) is 64.8 Å². The van der Waals surface area contributed by atoms with Crippen LogP contribution in [0.2, 0.25) is 0 Å². The van der Waals surface area contributed by atoms with Crippen LogP contribution in [-0.4, -0.2) is 34.9 Å². The Morgan fingerprint density at radius 3 is 2.44 bits per heavy atom. The number of nitrogens with zero attached hydrogens (tertiary/aromatic N) is 3. The molecule has 1 aliphatic heterocycles. The maximum atomic E-state index is 11.9. The lowest BCUT2D eigenvalue weighted by atomic mass is 10.1. The number of anilines is 1. The zero-order valence-corrected chi connectivity index (χ0v) is 15.3. The lowest BCUT2D eigenvalue weighted by Gasteiger charge is -2.25. The fourth-order valence-electron chi connectivity index (χ4n) is 3.12. The highest BCUT2D eigenvalue weighted by Gasteiger charge is 2.17. The molecular formula is C18H29N5O2. The van der Waals surface area contributed by atoms with Crippen LogP contribution in [-0.2, 0) is 9.59 Å². The number of primary amides is 1. The van der Waals surface area contributed by atoms with Crippen molar-refractivity contribution in [3.05, 3.63) is 17.5 Å². The van der Waals surface area contributed by atoms with Crippen LogP contribution >= 0.6 is 0 Å². The van der Waals surface area contributed by atoms with E-state index < -0.39 is 5.91 Å². The molecule has 1 aromatic heterocycles. The summed E-state index contributed by atoms with van der Waals surface area (Å²) in [6.07, 6.45) is 8.17. The second kappa shape index (κ2) is 9.34. The molecule has 0 aliphatic carbocycles. The van der Waals surface area contributed by atoms with Crippen LogP contribution in [0.5, 0.6) is 0 Å². The average Bonchev–Trinajstić information content (AvgIpc) is 2.52. The van der Waals surface area contributed by atoms with Crippen LogP contribution in [0.25, 0.3) is 0 Å². The zero-order chi connectivity index (χ0) is 18.2. The average molecular weight is 347 g/mol. The van der Waals surface area contributed by atoms with Crippen molar-refractivity contribution in [3.8, 4) is 0 Å². The minimum Gasteiger partial charge on any atom is -0.370 e. The smallest absolute Gasteiger partial charge is 0.225 e. The molecule has 0 bridgehead atoms. The van der Waals surface area contributed by atoms with E-state index in [0.29, 0.717) is 0 Å². The fraction of sp³-hybridized carbons (Fsp3) is 0.667. The molecule has 2 rings (SSSR count). The molecule has 25 heavy (non-hydrogen) atoms. The second-order valence-corrected chi connectivity index (χ2v) is 6.72. The summed E-state index contributed by atoms with van der Waals surface area (Å²) in [6.45, 7) is 5.83. The van der Waals surface area contributed by atoms with Gasteiger partial charge in [-0.1, -0.05) is 19.3 Å². The van der Waals surface area contributed by atoms with Gasteiger partial charge < -0.3 is 16.0 Å². The van der Waals surface area contributed by atoms with Gasteiger partial charge in [0.25, 0.3) is 0 Å². The Bertz CT molecular complexity index is 597. The standard InChI is InChI=1S/C18H29N5O2/c1-13(21-17(25)9-8-16(19)24)15-12-20-18(22-14(15)2)23-10-6-4-3-5-7-11-23/h12-13H,3-11H2,1-2H3,(H2,19,24)(H,21,25)/t13-/m0/s1. The second-order valence-electron chi connectivity index (χ2n) is 6.72. The van der Waals surface area contributed by atoms with Crippen LogP contribution in [0.3, 0.4) is 0 Å². The lowest BCUT2D eigenvalue weighted by Crippen LogP contribution is -2.30. The third kappa shape index (κ3) is 5.99. The number of aryl methyl sites for hydroxylation is 1. The van der Waals surface area contributed by atoms with Crippen LogP contribution < -0.4 is 16.0 Å². The van der Waals surface area contributed by atoms with Gasteiger partial charge in [-0.3, -0.25) is 9.59 Å². The van der Waals surface area contributed by atoms with E-state index in [-0.39, 0.29) is 24.8 Å². The van der Waals surface area contributed by atoms with E-state index in [4.69, 9.17) is 5.73 Å². The summed E-state index contributed by atoms with van der Waals surface area (Å²) in [7, 11) is 0. The predicted octanol–water partition coefficient (Wildman–Crippen LogP) is 2.00. The number of carbonyl (C=O) groups is 2. The number of aromatic nitrogens is 2. The summed E-state index contributed by atoms with van der Waals surface area (Å²) in [4.78, 5) is 34.1. The van der Waals surface area contributed by atoms with E-state index in [1.54, 1.807) is 6.20 Å². The molecule has 1 aliphatic rings. The number of hydrogen-bond donors (Lipinski definition) is 2. The van der Waals surface area contributed by atoms with E-state index >= 15 is 0 Å². The largest absolute Gasteiger partial charge is 0.370 e. The Labute approximate surface area is 149 Å². The minimum atomic E-state index is -0.472. The first-order valence-corrected chi connectivity index (χ1v) is 9.13. The van der Waals surface area contributed by atoms with Crippen molar-refractivity contribution in [3.63, 3.8) is 0 Å². The number of rotatable bonds is 6. The Morgan fingerprint density at radius 1 is 1.20 bits per heavy atom. The monoisotopic (exact) mass is 347 g/mol. The summed E-state index contributed by atoms with van der Waals surface area (Å²) in [5.41, 5.74) is 6.83. The van der Waals surface area contributed by atoms with Crippen molar-refractivity contribution in [1.82, 2.24) is 15.3 Å². The number of amides is 2. The van der Waals surface area contributed by atoms with Crippen LogP contribution in [0, 0.1) is 6.92 Å². The van der Waals surface area contributed by atoms with E-state index in [0.717, 1.165) is 30.3 Å². The first-order valence-electron chi connectivity index (χ1n) is 9.13. The van der Waals surface area contributed by atoms with Gasteiger partial charge in [0.05, 0.1) is 6.04 Å². The van der Waals surface area contributed by atoms with E-state index in [1.807, 2.05) is 13.8 Å². The van der Waals surface area contributed by atoms with Crippen molar-refractivity contribution in [1.29, 1.82) is 0 Å². The number of nitrogens with one attached hydrogen (secondary N) is 1. The van der Waals surface area contributed by atoms with E-state index in [9.17, 15) is 9.59 Å². The fourth-order valence-corrected chi connectivity index (χ4v) is 3.12. The SMILES string of the molecule is Cc1nc(N2CCCCCCC2)ncc1[C@H](C)NC(=O)CCC(N)=O. The predicted molar refractivity (Wildman–Crippen MR) is 97.1 cm³/mol. The number of nitrogens with two attached hydrogens (primary N) is 1. The minimum absolute atomic E-state index is 0.0575. The third-order valence-electron chi connectivity index (χ3n) is 4.59. The molecule has 1 aromatic rings. The molecule has 138 valence electrons.